The molecule has 0 saturated carbocycles. The number of carbonyl (C=O) groups excluding carboxylic acids is 2. The number of rotatable bonds is 12. The van der Waals surface area contributed by atoms with Crippen molar-refractivity contribution in [1.82, 2.24) is 5.32 Å². The fraction of sp³-hybridized carbons (Fsp3) is 0.161. The molecule has 0 aliphatic carbocycles. The van der Waals surface area contributed by atoms with Crippen molar-refractivity contribution in [2.45, 2.75) is 25.4 Å². The van der Waals surface area contributed by atoms with Crippen molar-refractivity contribution >= 4 is 17.5 Å². The Bertz CT molecular complexity index is 1460. The number of alkyl halides is 3. The zero-order valence-electron chi connectivity index (χ0n) is 22.1. The number of benzene rings is 4. The Balaban J connectivity index is 1.39. The average Bonchev–Trinajstić information content (AvgIpc) is 2.94. The number of anilines is 1. The highest BCUT2D eigenvalue weighted by atomic mass is 19.4. The van der Waals surface area contributed by atoms with Crippen molar-refractivity contribution in [3.8, 4) is 17.2 Å². The van der Waals surface area contributed by atoms with Crippen LogP contribution < -0.4 is 20.1 Å². The van der Waals surface area contributed by atoms with Gasteiger partial charge in [0.05, 0.1) is 19.6 Å². The first-order valence-electron chi connectivity index (χ1n) is 12.7. The molecule has 0 radical (unpaired) electrons. The van der Waals surface area contributed by atoms with E-state index in [2.05, 4.69) is 15.4 Å². The van der Waals surface area contributed by atoms with Crippen LogP contribution in [0.1, 0.15) is 11.1 Å². The topological polar surface area (TPSA) is 85.9 Å². The van der Waals surface area contributed by atoms with E-state index in [0.717, 1.165) is 17.7 Å². The van der Waals surface area contributed by atoms with E-state index in [-0.39, 0.29) is 25.2 Å². The van der Waals surface area contributed by atoms with Crippen LogP contribution >= 0.6 is 0 Å². The van der Waals surface area contributed by atoms with Crippen molar-refractivity contribution < 1.29 is 41.4 Å². The Morgan fingerprint density at radius 2 is 1.40 bits per heavy atom. The van der Waals surface area contributed by atoms with Crippen LogP contribution in [0.2, 0.25) is 0 Å². The normalized spacial score (nSPS) is 11.8. The minimum Gasteiger partial charge on any atom is -0.457 e. The zero-order valence-corrected chi connectivity index (χ0v) is 22.1. The number of halogens is 4. The van der Waals surface area contributed by atoms with E-state index in [1.807, 2.05) is 30.3 Å². The van der Waals surface area contributed by atoms with Crippen molar-refractivity contribution in [2.75, 3.05) is 11.9 Å². The van der Waals surface area contributed by atoms with Crippen LogP contribution in [0.4, 0.5) is 23.2 Å². The van der Waals surface area contributed by atoms with Gasteiger partial charge in [0.2, 0.25) is 11.8 Å². The van der Waals surface area contributed by atoms with Crippen molar-refractivity contribution in [3.05, 3.63) is 120 Å². The first-order chi connectivity index (χ1) is 20.1. The van der Waals surface area contributed by atoms with Crippen LogP contribution in [0.3, 0.4) is 0 Å². The van der Waals surface area contributed by atoms with Gasteiger partial charge in [-0.15, -0.1) is 13.2 Å². The maximum Gasteiger partial charge on any atom is 0.573 e. The SMILES string of the molecule is O=C(Cc1cccc(OC(F)(F)F)c1)NC(COCc1ccccc1)C(=O)Nc1ccc(Oc2ccc(F)cc2)cc1. The van der Waals surface area contributed by atoms with Gasteiger partial charge in [-0.25, -0.2) is 4.39 Å². The lowest BCUT2D eigenvalue weighted by Gasteiger charge is -2.19. The van der Waals surface area contributed by atoms with Crippen LogP contribution in [0.5, 0.6) is 17.2 Å². The standard InChI is InChI=1S/C31H26F4N2O5/c32-23-9-13-25(14-10-23)41-26-15-11-24(12-16-26)36-30(39)28(20-40-19-21-5-2-1-3-6-21)37-29(38)18-22-7-4-8-27(17-22)42-31(33,34)35/h1-17,28H,18-20H2,(H,36,39)(H,37,38). The molecule has 4 aromatic rings. The Morgan fingerprint density at radius 1 is 0.762 bits per heavy atom. The lowest BCUT2D eigenvalue weighted by molar-refractivity contribution is -0.274. The van der Waals surface area contributed by atoms with Gasteiger partial charge in [0.15, 0.2) is 0 Å². The Hall–Kier alpha value is -4.90. The predicted molar refractivity (Wildman–Crippen MR) is 146 cm³/mol. The number of hydrogen-bond donors (Lipinski definition) is 2. The lowest BCUT2D eigenvalue weighted by Crippen LogP contribution is -2.47. The summed E-state index contributed by atoms with van der Waals surface area (Å²) in [4.78, 5) is 25.9. The van der Waals surface area contributed by atoms with Gasteiger partial charge in [-0.1, -0.05) is 42.5 Å². The van der Waals surface area contributed by atoms with E-state index in [9.17, 15) is 27.2 Å². The van der Waals surface area contributed by atoms with Gasteiger partial charge in [-0.2, -0.15) is 0 Å². The van der Waals surface area contributed by atoms with Gasteiger partial charge in [-0.05, 0) is 71.8 Å². The maximum atomic E-state index is 13.1. The molecule has 0 aliphatic rings. The Labute approximate surface area is 239 Å². The molecule has 42 heavy (non-hydrogen) atoms. The zero-order chi connectivity index (χ0) is 30.0. The minimum atomic E-state index is -4.87. The number of hydrogen-bond acceptors (Lipinski definition) is 5. The van der Waals surface area contributed by atoms with E-state index in [4.69, 9.17) is 9.47 Å². The summed E-state index contributed by atoms with van der Waals surface area (Å²) in [5.41, 5.74) is 1.53. The first-order valence-corrected chi connectivity index (χ1v) is 12.7. The molecule has 0 heterocycles. The molecule has 4 rings (SSSR count). The lowest BCUT2D eigenvalue weighted by atomic mass is 10.1. The molecular formula is C31H26F4N2O5. The molecule has 2 amide bonds. The second kappa shape index (κ2) is 14.1. The van der Waals surface area contributed by atoms with Crippen molar-refractivity contribution in [1.29, 1.82) is 0 Å². The average molecular weight is 583 g/mol. The van der Waals surface area contributed by atoms with Crippen LogP contribution in [0, 0.1) is 5.82 Å². The third-order valence-corrected chi connectivity index (χ3v) is 5.72. The van der Waals surface area contributed by atoms with Gasteiger partial charge >= 0.3 is 6.36 Å². The Morgan fingerprint density at radius 3 is 2.07 bits per heavy atom. The second-order valence-electron chi connectivity index (χ2n) is 9.06. The fourth-order valence-electron chi connectivity index (χ4n) is 3.81. The second-order valence-corrected chi connectivity index (χ2v) is 9.06. The molecule has 7 nitrogen and oxygen atoms in total. The van der Waals surface area contributed by atoms with E-state index < -0.39 is 35.8 Å². The molecule has 0 fully saturated rings. The highest BCUT2D eigenvalue weighted by molar-refractivity contribution is 5.97. The predicted octanol–water partition coefficient (Wildman–Crippen LogP) is 6.40. The van der Waals surface area contributed by atoms with Crippen LogP contribution in [0.25, 0.3) is 0 Å². The summed E-state index contributed by atoms with van der Waals surface area (Å²) in [5.74, 6) is -1.14. The third kappa shape index (κ3) is 9.93. The number of amides is 2. The van der Waals surface area contributed by atoms with E-state index in [0.29, 0.717) is 17.2 Å². The van der Waals surface area contributed by atoms with E-state index in [1.54, 1.807) is 24.3 Å². The van der Waals surface area contributed by atoms with Crippen LogP contribution in [-0.4, -0.2) is 30.8 Å². The molecule has 0 spiro atoms. The van der Waals surface area contributed by atoms with Gasteiger partial charge < -0.3 is 24.8 Å². The molecule has 218 valence electrons. The molecule has 0 saturated heterocycles. The van der Waals surface area contributed by atoms with Crippen molar-refractivity contribution in [3.63, 3.8) is 0 Å². The molecule has 0 aromatic heterocycles. The largest absolute Gasteiger partial charge is 0.573 e. The van der Waals surface area contributed by atoms with Gasteiger partial charge in [-0.3, -0.25) is 9.59 Å². The molecule has 11 heteroatoms. The summed E-state index contributed by atoms with van der Waals surface area (Å²) in [5, 5.41) is 5.30. The maximum absolute atomic E-state index is 13.1. The summed E-state index contributed by atoms with van der Waals surface area (Å²) >= 11 is 0. The van der Waals surface area contributed by atoms with E-state index >= 15 is 0 Å². The van der Waals surface area contributed by atoms with Crippen LogP contribution in [0.15, 0.2) is 103 Å². The molecule has 1 unspecified atom stereocenters. The van der Waals surface area contributed by atoms with Gasteiger partial charge in [0.1, 0.15) is 29.1 Å². The smallest absolute Gasteiger partial charge is 0.457 e. The molecular weight excluding hydrogens is 556 g/mol. The van der Waals surface area contributed by atoms with E-state index in [1.165, 1.54) is 36.4 Å². The number of nitrogens with one attached hydrogen (secondary N) is 2. The first kappa shape index (κ1) is 30.1. The highest BCUT2D eigenvalue weighted by Crippen LogP contribution is 2.24. The number of carbonyl (C=O) groups is 2. The summed E-state index contributed by atoms with van der Waals surface area (Å²) in [6.07, 6.45) is -5.17. The molecule has 0 aliphatic heterocycles. The quantitative estimate of drug-likeness (QED) is 0.189. The highest BCUT2D eigenvalue weighted by Gasteiger charge is 2.31. The monoisotopic (exact) mass is 582 g/mol. The Kier molecular flexibility index (Phi) is 10.1. The third-order valence-electron chi connectivity index (χ3n) is 5.72. The molecule has 0 bridgehead atoms. The molecule has 4 aromatic carbocycles. The summed E-state index contributed by atoms with van der Waals surface area (Å²) < 4.78 is 66.1. The fourth-order valence-corrected chi connectivity index (χ4v) is 3.81. The van der Waals surface area contributed by atoms with Crippen molar-refractivity contribution in [2.24, 2.45) is 0 Å². The summed E-state index contributed by atoms with van der Waals surface area (Å²) in [6.45, 7) is 0.0161. The van der Waals surface area contributed by atoms with Crippen LogP contribution in [-0.2, 0) is 27.4 Å². The molecule has 2 N–H and O–H groups in total. The molecule has 1 atom stereocenters. The minimum absolute atomic E-state index is 0.171. The number of ether oxygens (including phenoxy) is 3. The van der Waals surface area contributed by atoms with Gasteiger partial charge in [0, 0.05) is 5.69 Å². The summed E-state index contributed by atoms with van der Waals surface area (Å²) in [6, 6.07) is 25.0. The summed E-state index contributed by atoms with van der Waals surface area (Å²) in [7, 11) is 0. The van der Waals surface area contributed by atoms with Gasteiger partial charge in [0.25, 0.3) is 0 Å².